The van der Waals surface area contributed by atoms with E-state index in [4.69, 9.17) is 9.63 Å². The number of aliphatic carboxylic acids is 1. The van der Waals surface area contributed by atoms with E-state index in [1.807, 2.05) is 18.7 Å². The first kappa shape index (κ1) is 14.9. The van der Waals surface area contributed by atoms with Crippen LogP contribution in [0.25, 0.3) is 0 Å². The zero-order valence-electron chi connectivity index (χ0n) is 12.1. The Kier molecular flexibility index (Phi) is 5.08. The van der Waals surface area contributed by atoms with Gasteiger partial charge in [-0.3, -0.25) is 14.6 Å². The van der Waals surface area contributed by atoms with E-state index >= 15 is 0 Å². The van der Waals surface area contributed by atoms with Crippen LogP contribution in [0.3, 0.4) is 0 Å². The number of hydrogen-bond acceptors (Lipinski definition) is 6. The van der Waals surface area contributed by atoms with Gasteiger partial charge in [0.1, 0.15) is 0 Å². The van der Waals surface area contributed by atoms with E-state index in [1.165, 1.54) is 0 Å². The lowest BCUT2D eigenvalue weighted by Crippen LogP contribution is -2.34. The Hall–Kier alpha value is -1.47. The van der Waals surface area contributed by atoms with Gasteiger partial charge in [0.05, 0.1) is 13.1 Å². The lowest BCUT2D eigenvalue weighted by molar-refractivity contribution is -0.138. The topological polar surface area (TPSA) is 82.7 Å². The zero-order chi connectivity index (χ0) is 14.5. The fourth-order valence-electron chi connectivity index (χ4n) is 2.29. The van der Waals surface area contributed by atoms with Crippen molar-refractivity contribution in [2.45, 2.75) is 32.7 Å². The quantitative estimate of drug-likeness (QED) is 0.854. The molecule has 0 bridgehead atoms. The monoisotopic (exact) mass is 282 g/mol. The van der Waals surface area contributed by atoms with Gasteiger partial charge in [0, 0.05) is 25.6 Å². The van der Waals surface area contributed by atoms with Gasteiger partial charge in [0.15, 0.2) is 5.82 Å². The van der Waals surface area contributed by atoms with Crippen LogP contribution in [-0.4, -0.2) is 63.7 Å². The van der Waals surface area contributed by atoms with Crippen molar-refractivity contribution in [3.05, 3.63) is 11.7 Å². The molecule has 20 heavy (non-hydrogen) atoms. The largest absolute Gasteiger partial charge is 0.480 e. The van der Waals surface area contributed by atoms with Crippen molar-refractivity contribution >= 4 is 5.97 Å². The predicted octanol–water partition coefficient (Wildman–Crippen LogP) is 0.785. The zero-order valence-corrected chi connectivity index (χ0v) is 12.1. The highest BCUT2D eigenvalue weighted by molar-refractivity contribution is 5.69. The number of hydrogen-bond donors (Lipinski definition) is 1. The van der Waals surface area contributed by atoms with Crippen LogP contribution in [0.2, 0.25) is 0 Å². The SMILES string of the molecule is CC(C)c1noc(CN2CCCN(CC(=O)O)CC2)n1. The molecule has 2 heterocycles. The van der Waals surface area contributed by atoms with Gasteiger partial charge in [-0.15, -0.1) is 0 Å². The molecule has 0 spiro atoms. The van der Waals surface area contributed by atoms with Crippen molar-refractivity contribution in [1.29, 1.82) is 0 Å². The number of nitrogens with zero attached hydrogens (tertiary/aromatic N) is 4. The van der Waals surface area contributed by atoms with Crippen LogP contribution < -0.4 is 0 Å². The third-order valence-corrected chi connectivity index (χ3v) is 3.40. The molecule has 1 N–H and O–H groups in total. The lowest BCUT2D eigenvalue weighted by atomic mass is 10.2. The molecule has 1 fully saturated rings. The molecule has 0 aliphatic carbocycles. The number of carbonyl (C=O) groups is 1. The summed E-state index contributed by atoms with van der Waals surface area (Å²) < 4.78 is 5.25. The van der Waals surface area contributed by atoms with Gasteiger partial charge in [-0.25, -0.2) is 0 Å². The minimum Gasteiger partial charge on any atom is -0.480 e. The van der Waals surface area contributed by atoms with E-state index in [0.717, 1.165) is 38.4 Å². The van der Waals surface area contributed by atoms with Crippen LogP contribution >= 0.6 is 0 Å². The molecule has 0 amide bonds. The summed E-state index contributed by atoms with van der Waals surface area (Å²) in [7, 11) is 0. The van der Waals surface area contributed by atoms with Gasteiger partial charge < -0.3 is 9.63 Å². The Morgan fingerprint density at radius 3 is 2.65 bits per heavy atom. The molecule has 0 aromatic carbocycles. The maximum Gasteiger partial charge on any atom is 0.317 e. The van der Waals surface area contributed by atoms with Crippen molar-refractivity contribution < 1.29 is 14.4 Å². The third-order valence-electron chi connectivity index (χ3n) is 3.40. The van der Waals surface area contributed by atoms with Crippen molar-refractivity contribution in [1.82, 2.24) is 19.9 Å². The Morgan fingerprint density at radius 1 is 1.30 bits per heavy atom. The third kappa shape index (κ3) is 4.28. The van der Waals surface area contributed by atoms with Crippen LogP contribution in [0.5, 0.6) is 0 Å². The van der Waals surface area contributed by atoms with Gasteiger partial charge in [0.25, 0.3) is 0 Å². The second-order valence-electron chi connectivity index (χ2n) is 5.50. The molecular formula is C13H22N4O3. The van der Waals surface area contributed by atoms with E-state index in [1.54, 1.807) is 0 Å². The first-order valence-electron chi connectivity index (χ1n) is 7.03. The van der Waals surface area contributed by atoms with Gasteiger partial charge >= 0.3 is 5.97 Å². The van der Waals surface area contributed by atoms with Crippen LogP contribution in [0.15, 0.2) is 4.52 Å². The summed E-state index contributed by atoms with van der Waals surface area (Å²) in [5.41, 5.74) is 0. The van der Waals surface area contributed by atoms with Gasteiger partial charge in [-0.2, -0.15) is 4.98 Å². The molecule has 1 aromatic heterocycles. The minimum atomic E-state index is -0.767. The van der Waals surface area contributed by atoms with Gasteiger partial charge in [-0.05, 0) is 13.0 Å². The Balaban J connectivity index is 1.85. The summed E-state index contributed by atoms with van der Waals surface area (Å²) in [4.78, 5) is 19.3. The molecule has 1 aliphatic heterocycles. The first-order chi connectivity index (χ1) is 9.54. The molecule has 112 valence electrons. The fourth-order valence-corrected chi connectivity index (χ4v) is 2.29. The average Bonchev–Trinajstić information content (AvgIpc) is 2.73. The highest BCUT2D eigenvalue weighted by atomic mass is 16.5. The summed E-state index contributed by atoms with van der Waals surface area (Å²) in [6.07, 6.45) is 0.957. The Labute approximate surface area is 118 Å². The average molecular weight is 282 g/mol. The highest BCUT2D eigenvalue weighted by Gasteiger charge is 2.19. The minimum absolute atomic E-state index is 0.117. The van der Waals surface area contributed by atoms with Crippen molar-refractivity contribution in [2.24, 2.45) is 0 Å². The standard InChI is InChI=1S/C13H22N4O3/c1-10(2)13-14-11(20-15-13)8-16-4-3-5-17(7-6-16)9-12(18)19/h10H,3-9H2,1-2H3,(H,18,19). The second kappa shape index (κ2) is 6.81. The molecule has 0 atom stereocenters. The molecule has 1 aromatic rings. The van der Waals surface area contributed by atoms with Crippen LogP contribution in [0, 0.1) is 0 Å². The van der Waals surface area contributed by atoms with Gasteiger partial charge in [0.2, 0.25) is 5.89 Å². The van der Waals surface area contributed by atoms with Crippen molar-refractivity contribution in [3.63, 3.8) is 0 Å². The van der Waals surface area contributed by atoms with Crippen LogP contribution in [0.1, 0.15) is 37.9 Å². The van der Waals surface area contributed by atoms with Crippen molar-refractivity contribution in [2.75, 3.05) is 32.7 Å². The maximum atomic E-state index is 10.7. The second-order valence-corrected chi connectivity index (χ2v) is 5.50. The number of aromatic nitrogens is 2. The summed E-state index contributed by atoms with van der Waals surface area (Å²) in [5, 5.41) is 12.8. The van der Waals surface area contributed by atoms with Crippen molar-refractivity contribution in [3.8, 4) is 0 Å². The van der Waals surface area contributed by atoms with E-state index < -0.39 is 5.97 Å². The molecule has 0 unspecified atom stereocenters. The molecule has 0 radical (unpaired) electrons. The van der Waals surface area contributed by atoms with E-state index in [-0.39, 0.29) is 12.5 Å². The molecule has 7 heteroatoms. The van der Waals surface area contributed by atoms with E-state index in [9.17, 15) is 4.79 Å². The predicted molar refractivity (Wildman–Crippen MR) is 72.4 cm³/mol. The number of rotatable bonds is 5. The molecule has 0 saturated carbocycles. The lowest BCUT2D eigenvalue weighted by Gasteiger charge is -2.18. The van der Waals surface area contributed by atoms with E-state index in [2.05, 4.69) is 15.0 Å². The Bertz CT molecular complexity index is 447. The van der Waals surface area contributed by atoms with Crippen LogP contribution in [-0.2, 0) is 11.3 Å². The Morgan fingerprint density at radius 2 is 2.00 bits per heavy atom. The van der Waals surface area contributed by atoms with E-state index in [0.29, 0.717) is 12.4 Å². The van der Waals surface area contributed by atoms with Gasteiger partial charge in [-0.1, -0.05) is 19.0 Å². The highest BCUT2D eigenvalue weighted by Crippen LogP contribution is 2.12. The summed E-state index contributed by atoms with van der Waals surface area (Å²) in [6.45, 7) is 8.16. The summed E-state index contributed by atoms with van der Waals surface area (Å²) in [5.74, 6) is 0.877. The summed E-state index contributed by atoms with van der Waals surface area (Å²) in [6, 6.07) is 0. The van der Waals surface area contributed by atoms with Crippen LogP contribution in [0.4, 0.5) is 0 Å². The number of carboxylic acids is 1. The number of carboxylic acid groups (broad SMARTS) is 1. The molecule has 1 aliphatic rings. The first-order valence-corrected chi connectivity index (χ1v) is 7.03. The molecule has 2 rings (SSSR count). The maximum absolute atomic E-state index is 10.7. The smallest absolute Gasteiger partial charge is 0.317 e. The summed E-state index contributed by atoms with van der Waals surface area (Å²) >= 11 is 0. The fraction of sp³-hybridized carbons (Fsp3) is 0.769. The molecule has 7 nitrogen and oxygen atoms in total. The molecular weight excluding hydrogens is 260 g/mol. The normalized spacial score (nSPS) is 18.4. The molecule has 1 saturated heterocycles.